The molecule has 6 heteroatoms. The second-order valence-corrected chi connectivity index (χ2v) is 6.45. The second kappa shape index (κ2) is 4.57. The normalized spacial score (nSPS) is 34.9. The molecule has 88 valence electrons. The zero-order chi connectivity index (χ0) is 10.9. The van der Waals surface area contributed by atoms with E-state index in [1.54, 1.807) is 0 Å². The van der Waals surface area contributed by atoms with Gasteiger partial charge in [0.15, 0.2) is 0 Å². The molecule has 3 unspecified atom stereocenters. The molecule has 0 amide bonds. The summed E-state index contributed by atoms with van der Waals surface area (Å²) in [4.78, 5) is 0. The molecule has 0 aromatic heterocycles. The lowest BCUT2D eigenvalue weighted by Gasteiger charge is -2.19. The van der Waals surface area contributed by atoms with Crippen molar-refractivity contribution < 1.29 is 13.2 Å². The van der Waals surface area contributed by atoms with Crippen LogP contribution in [-0.4, -0.2) is 38.3 Å². The number of halogens is 1. The Morgan fingerprint density at radius 2 is 2.20 bits per heavy atom. The average Bonchev–Trinajstić information content (AvgIpc) is 2.75. The van der Waals surface area contributed by atoms with Crippen molar-refractivity contribution in [2.75, 3.05) is 11.6 Å². The Bertz CT molecular complexity index is 319. The number of alkyl halides is 1. The predicted octanol–water partition coefficient (Wildman–Crippen LogP) is 0.855. The molecular weight excluding hydrogens is 238 g/mol. The Balaban J connectivity index is 1.86. The first-order valence-electron chi connectivity index (χ1n) is 5.32. The van der Waals surface area contributed by atoms with E-state index < -0.39 is 10.0 Å². The van der Waals surface area contributed by atoms with Crippen molar-refractivity contribution in [3.63, 3.8) is 0 Å². The van der Waals surface area contributed by atoms with E-state index in [-0.39, 0.29) is 24.0 Å². The van der Waals surface area contributed by atoms with Crippen molar-refractivity contribution in [3.8, 4) is 0 Å². The number of ether oxygens (including phenoxy) is 1. The van der Waals surface area contributed by atoms with Crippen LogP contribution in [0.25, 0.3) is 0 Å². The molecule has 4 nitrogen and oxygen atoms in total. The molecule has 2 saturated heterocycles. The van der Waals surface area contributed by atoms with E-state index in [0.29, 0.717) is 12.3 Å². The van der Waals surface area contributed by atoms with E-state index >= 15 is 0 Å². The lowest BCUT2D eigenvalue weighted by atomic mass is 9.96. The lowest BCUT2D eigenvalue weighted by molar-refractivity contribution is 0.0996. The van der Waals surface area contributed by atoms with Crippen molar-refractivity contribution in [1.82, 2.24) is 4.72 Å². The maximum absolute atomic E-state index is 11.6. The van der Waals surface area contributed by atoms with Crippen molar-refractivity contribution >= 4 is 21.6 Å². The van der Waals surface area contributed by atoms with Gasteiger partial charge < -0.3 is 4.74 Å². The zero-order valence-corrected chi connectivity index (χ0v) is 10.1. The van der Waals surface area contributed by atoms with Gasteiger partial charge in [0.05, 0.1) is 24.0 Å². The van der Waals surface area contributed by atoms with Gasteiger partial charge in [0.2, 0.25) is 10.0 Å². The maximum Gasteiger partial charge on any atom is 0.211 e. The van der Waals surface area contributed by atoms with Gasteiger partial charge in [-0.05, 0) is 25.7 Å². The highest BCUT2D eigenvalue weighted by Gasteiger charge is 2.42. The van der Waals surface area contributed by atoms with Crippen LogP contribution in [0.4, 0.5) is 0 Å². The minimum atomic E-state index is -3.16. The highest BCUT2D eigenvalue weighted by molar-refractivity contribution is 7.89. The maximum atomic E-state index is 11.6. The lowest BCUT2D eigenvalue weighted by Crippen LogP contribution is -2.42. The van der Waals surface area contributed by atoms with E-state index in [0.717, 1.165) is 19.3 Å². The first-order valence-corrected chi connectivity index (χ1v) is 7.51. The molecule has 3 atom stereocenters. The average molecular weight is 254 g/mol. The summed E-state index contributed by atoms with van der Waals surface area (Å²) in [6.07, 6.45) is 3.75. The van der Waals surface area contributed by atoms with Gasteiger partial charge in [-0.3, -0.25) is 0 Å². The molecule has 0 aromatic carbocycles. The summed E-state index contributed by atoms with van der Waals surface area (Å²) < 4.78 is 31.5. The molecule has 0 radical (unpaired) electrons. The third kappa shape index (κ3) is 2.84. The van der Waals surface area contributed by atoms with Gasteiger partial charge in [-0.25, -0.2) is 13.1 Å². The van der Waals surface area contributed by atoms with Gasteiger partial charge in [0.25, 0.3) is 0 Å². The Morgan fingerprint density at radius 3 is 2.73 bits per heavy atom. The fourth-order valence-electron chi connectivity index (χ4n) is 2.30. The highest BCUT2D eigenvalue weighted by Crippen LogP contribution is 2.34. The van der Waals surface area contributed by atoms with Crippen molar-refractivity contribution in [2.24, 2.45) is 0 Å². The molecule has 2 fully saturated rings. The fourth-order valence-corrected chi connectivity index (χ4v) is 3.94. The van der Waals surface area contributed by atoms with Crippen molar-refractivity contribution in [1.29, 1.82) is 0 Å². The summed E-state index contributed by atoms with van der Waals surface area (Å²) in [6.45, 7) is 0. The summed E-state index contributed by atoms with van der Waals surface area (Å²) >= 11 is 5.47. The molecule has 1 N–H and O–H groups in total. The van der Waals surface area contributed by atoms with Crippen LogP contribution in [0, 0.1) is 0 Å². The number of sulfonamides is 1. The first-order chi connectivity index (χ1) is 7.11. The Morgan fingerprint density at radius 1 is 1.40 bits per heavy atom. The first kappa shape index (κ1) is 11.6. The minimum Gasteiger partial charge on any atom is -0.373 e. The van der Waals surface area contributed by atoms with E-state index in [1.807, 2.05) is 0 Å². The third-order valence-electron chi connectivity index (χ3n) is 2.98. The number of hydrogen-bond acceptors (Lipinski definition) is 3. The molecule has 15 heavy (non-hydrogen) atoms. The summed E-state index contributed by atoms with van der Waals surface area (Å²) in [6, 6.07) is -0.0101. The molecule has 0 aliphatic carbocycles. The molecule has 2 rings (SSSR count). The zero-order valence-electron chi connectivity index (χ0n) is 8.49. The monoisotopic (exact) mass is 253 g/mol. The van der Waals surface area contributed by atoms with Gasteiger partial charge in [-0.1, -0.05) is 0 Å². The number of rotatable bonds is 5. The van der Waals surface area contributed by atoms with E-state index in [9.17, 15) is 8.42 Å². The van der Waals surface area contributed by atoms with Gasteiger partial charge >= 0.3 is 0 Å². The molecular formula is C9H16ClNO3S. The van der Waals surface area contributed by atoms with Crippen LogP contribution in [0.2, 0.25) is 0 Å². The van der Waals surface area contributed by atoms with Crippen LogP contribution in [0.5, 0.6) is 0 Å². The smallest absolute Gasteiger partial charge is 0.211 e. The third-order valence-corrected chi connectivity index (χ3v) is 4.74. The summed E-state index contributed by atoms with van der Waals surface area (Å²) in [5, 5.41) is 0. The molecule has 2 heterocycles. The van der Waals surface area contributed by atoms with Gasteiger partial charge in [0, 0.05) is 5.88 Å². The van der Waals surface area contributed by atoms with E-state index in [1.165, 1.54) is 0 Å². The standard InChI is InChI=1S/C9H16ClNO3S/c10-4-1-5-15(12,13)11-8-6-7-2-3-9(8)14-7/h7-9,11H,1-6H2. The van der Waals surface area contributed by atoms with E-state index in [2.05, 4.69) is 4.72 Å². The topological polar surface area (TPSA) is 55.4 Å². The molecule has 2 aliphatic rings. The Hall–Kier alpha value is 0.160. The molecule has 2 aliphatic heterocycles. The molecule has 2 bridgehead atoms. The minimum absolute atomic E-state index is 0.0101. The Kier molecular flexibility index (Phi) is 3.55. The van der Waals surface area contributed by atoms with E-state index in [4.69, 9.17) is 16.3 Å². The summed E-state index contributed by atoms with van der Waals surface area (Å²) in [7, 11) is -3.16. The van der Waals surface area contributed by atoms with Crippen molar-refractivity contribution in [3.05, 3.63) is 0 Å². The quantitative estimate of drug-likeness (QED) is 0.740. The van der Waals surface area contributed by atoms with Crippen LogP contribution in [0.1, 0.15) is 25.7 Å². The number of nitrogens with one attached hydrogen (secondary N) is 1. The van der Waals surface area contributed by atoms with Crippen LogP contribution in [0.15, 0.2) is 0 Å². The number of fused-ring (bicyclic) bond motifs is 2. The Labute approximate surface area is 95.4 Å². The van der Waals surface area contributed by atoms with Crippen LogP contribution in [-0.2, 0) is 14.8 Å². The molecule has 0 saturated carbocycles. The predicted molar refractivity (Wildman–Crippen MR) is 58.6 cm³/mol. The SMILES string of the molecule is O=S(=O)(CCCCl)NC1CC2CCC1O2. The molecule has 0 aromatic rings. The second-order valence-electron chi connectivity index (χ2n) is 4.20. The number of hydrogen-bond donors (Lipinski definition) is 1. The van der Waals surface area contributed by atoms with Gasteiger partial charge in [0.1, 0.15) is 0 Å². The van der Waals surface area contributed by atoms with Gasteiger partial charge in [-0.2, -0.15) is 0 Å². The van der Waals surface area contributed by atoms with Crippen LogP contribution >= 0.6 is 11.6 Å². The van der Waals surface area contributed by atoms with Crippen LogP contribution in [0.3, 0.4) is 0 Å². The van der Waals surface area contributed by atoms with Crippen LogP contribution < -0.4 is 4.72 Å². The summed E-state index contributed by atoms with van der Waals surface area (Å²) in [5.74, 6) is 0.499. The largest absolute Gasteiger partial charge is 0.373 e. The molecule has 0 spiro atoms. The van der Waals surface area contributed by atoms with Crippen molar-refractivity contribution in [2.45, 2.75) is 43.9 Å². The fraction of sp³-hybridized carbons (Fsp3) is 1.00. The summed E-state index contributed by atoms with van der Waals surface area (Å²) in [5.41, 5.74) is 0. The van der Waals surface area contributed by atoms with Gasteiger partial charge in [-0.15, -0.1) is 11.6 Å². The highest BCUT2D eigenvalue weighted by atomic mass is 35.5.